The number of benzene rings is 2. The number of anilines is 2. The van der Waals surface area contributed by atoms with Crippen LogP contribution in [0.3, 0.4) is 0 Å². The van der Waals surface area contributed by atoms with Gasteiger partial charge in [-0.1, -0.05) is 41.9 Å². The van der Waals surface area contributed by atoms with Crippen LogP contribution in [-0.4, -0.2) is 23.6 Å². The quantitative estimate of drug-likeness (QED) is 0.590. The highest BCUT2D eigenvalue weighted by atomic mass is 35.5. The van der Waals surface area contributed by atoms with Crippen LogP contribution in [0.2, 0.25) is 5.02 Å². The van der Waals surface area contributed by atoms with Crippen molar-refractivity contribution in [3.05, 3.63) is 76.4 Å². The Hall–Kier alpha value is -2.79. The average molecular weight is 383 g/mol. The molecule has 0 saturated heterocycles. The third-order valence-electron chi connectivity index (χ3n) is 4.09. The first-order valence-corrected chi connectivity index (χ1v) is 9.21. The fourth-order valence-corrected chi connectivity index (χ4v) is 3.00. The first-order valence-electron chi connectivity index (χ1n) is 8.84. The molecular weight excluding hydrogens is 360 g/mol. The summed E-state index contributed by atoms with van der Waals surface area (Å²) in [5.74, 6) is 2.23. The van der Waals surface area contributed by atoms with Crippen molar-refractivity contribution in [2.75, 3.05) is 24.3 Å². The van der Waals surface area contributed by atoms with Crippen LogP contribution in [0, 0.1) is 6.92 Å². The number of rotatable bonds is 8. The van der Waals surface area contributed by atoms with E-state index < -0.39 is 0 Å². The number of nitrogens with zero attached hydrogens (tertiary/aromatic N) is 2. The fraction of sp³-hybridized carbons (Fsp3) is 0.238. The largest absolute Gasteiger partial charge is 0.496 e. The third kappa shape index (κ3) is 5.59. The summed E-state index contributed by atoms with van der Waals surface area (Å²) in [6, 6.07) is 17.7. The Balaban J connectivity index is 1.60. The molecule has 3 aromatic rings. The van der Waals surface area contributed by atoms with E-state index in [0.717, 1.165) is 40.8 Å². The molecule has 0 spiro atoms. The van der Waals surface area contributed by atoms with E-state index in [1.807, 2.05) is 55.5 Å². The predicted molar refractivity (Wildman–Crippen MR) is 111 cm³/mol. The van der Waals surface area contributed by atoms with Crippen molar-refractivity contribution in [3.63, 3.8) is 0 Å². The van der Waals surface area contributed by atoms with E-state index in [1.165, 1.54) is 5.56 Å². The molecule has 2 aromatic carbocycles. The zero-order chi connectivity index (χ0) is 19.1. The highest BCUT2D eigenvalue weighted by molar-refractivity contribution is 6.30. The standard InChI is InChI=1S/C21H23ClN4O/c1-15-12-20(23-11-10-16-6-5-8-18(22)13-16)26-21(25-15)24-14-17-7-3-4-9-19(17)27-2/h3-9,12-13H,10-11,14H2,1-2H3,(H2,23,24,25,26). The first-order chi connectivity index (χ1) is 13.1. The number of hydrogen-bond donors (Lipinski definition) is 2. The lowest BCUT2D eigenvalue weighted by Crippen LogP contribution is -2.10. The molecule has 1 heterocycles. The van der Waals surface area contributed by atoms with Gasteiger partial charge < -0.3 is 15.4 Å². The summed E-state index contributed by atoms with van der Waals surface area (Å²) in [6.07, 6.45) is 0.869. The van der Waals surface area contributed by atoms with Gasteiger partial charge in [0.15, 0.2) is 0 Å². The molecular formula is C21H23ClN4O. The second kappa shape index (κ2) is 9.24. The van der Waals surface area contributed by atoms with Crippen LogP contribution in [0.25, 0.3) is 0 Å². The SMILES string of the molecule is COc1ccccc1CNc1nc(C)cc(NCCc2cccc(Cl)c2)n1. The summed E-state index contributed by atoms with van der Waals surface area (Å²) in [5, 5.41) is 7.39. The second-order valence-corrected chi connectivity index (χ2v) is 6.63. The minimum Gasteiger partial charge on any atom is -0.496 e. The van der Waals surface area contributed by atoms with Crippen molar-refractivity contribution in [2.24, 2.45) is 0 Å². The number of aromatic nitrogens is 2. The molecule has 0 bridgehead atoms. The number of para-hydroxylation sites is 1. The maximum Gasteiger partial charge on any atom is 0.225 e. The van der Waals surface area contributed by atoms with Gasteiger partial charge in [0.05, 0.1) is 7.11 Å². The molecule has 5 nitrogen and oxygen atoms in total. The molecule has 0 aliphatic carbocycles. The summed E-state index contributed by atoms with van der Waals surface area (Å²) in [4.78, 5) is 9.01. The van der Waals surface area contributed by atoms with Crippen LogP contribution >= 0.6 is 11.6 Å². The van der Waals surface area contributed by atoms with Crippen molar-refractivity contribution < 1.29 is 4.74 Å². The van der Waals surface area contributed by atoms with Crippen molar-refractivity contribution in [3.8, 4) is 5.75 Å². The molecule has 0 aliphatic rings. The fourth-order valence-electron chi connectivity index (χ4n) is 2.79. The van der Waals surface area contributed by atoms with Gasteiger partial charge >= 0.3 is 0 Å². The molecule has 0 aliphatic heterocycles. The van der Waals surface area contributed by atoms with E-state index in [1.54, 1.807) is 7.11 Å². The summed E-state index contributed by atoms with van der Waals surface area (Å²) in [6.45, 7) is 3.32. The summed E-state index contributed by atoms with van der Waals surface area (Å²) in [5.41, 5.74) is 3.15. The normalized spacial score (nSPS) is 10.5. The maximum atomic E-state index is 6.03. The van der Waals surface area contributed by atoms with Crippen LogP contribution < -0.4 is 15.4 Å². The molecule has 0 radical (unpaired) electrons. The van der Waals surface area contributed by atoms with Gasteiger partial charge in [-0.15, -0.1) is 0 Å². The number of nitrogens with one attached hydrogen (secondary N) is 2. The predicted octanol–water partition coefficient (Wildman–Crippen LogP) is 4.71. The molecule has 6 heteroatoms. The number of hydrogen-bond acceptors (Lipinski definition) is 5. The van der Waals surface area contributed by atoms with Gasteiger partial charge in [-0.25, -0.2) is 4.98 Å². The van der Waals surface area contributed by atoms with Crippen LogP contribution in [0.15, 0.2) is 54.6 Å². The first kappa shape index (κ1) is 19.0. The molecule has 0 atom stereocenters. The third-order valence-corrected chi connectivity index (χ3v) is 4.33. The van der Waals surface area contributed by atoms with Gasteiger partial charge in [-0.05, 0) is 37.1 Å². The molecule has 1 aromatic heterocycles. The lowest BCUT2D eigenvalue weighted by atomic mass is 10.1. The van der Waals surface area contributed by atoms with Gasteiger partial charge in [0.25, 0.3) is 0 Å². The summed E-state index contributed by atoms with van der Waals surface area (Å²) < 4.78 is 5.38. The van der Waals surface area contributed by atoms with Crippen LogP contribution in [0.4, 0.5) is 11.8 Å². The monoisotopic (exact) mass is 382 g/mol. The van der Waals surface area contributed by atoms with Crippen LogP contribution in [0.5, 0.6) is 5.75 Å². The highest BCUT2D eigenvalue weighted by Crippen LogP contribution is 2.19. The Kier molecular flexibility index (Phi) is 6.49. The Morgan fingerprint density at radius 1 is 1.00 bits per heavy atom. The van der Waals surface area contributed by atoms with Gasteiger partial charge in [0.1, 0.15) is 11.6 Å². The average Bonchev–Trinajstić information content (AvgIpc) is 2.66. The van der Waals surface area contributed by atoms with E-state index in [9.17, 15) is 0 Å². The molecule has 0 saturated carbocycles. The molecule has 27 heavy (non-hydrogen) atoms. The molecule has 0 unspecified atom stereocenters. The Morgan fingerprint density at radius 3 is 2.67 bits per heavy atom. The smallest absolute Gasteiger partial charge is 0.225 e. The van der Waals surface area contributed by atoms with Gasteiger partial charge in [0.2, 0.25) is 5.95 Å². The van der Waals surface area contributed by atoms with Gasteiger partial charge in [-0.3, -0.25) is 0 Å². The topological polar surface area (TPSA) is 59.1 Å². The van der Waals surface area contributed by atoms with Crippen molar-refractivity contribution >= 4 is 23.4 Å². The molecule has 140 valence electrons. The summed E-state index contributed by atoms with van der Waals surface area (Å²) >= 11 is 6.03. The lowest BCUT2D eigenvalue weighted by molar-refractivity contribution is 0.410. The number of methoxy groups -OCH3 is 1. The van der Waals surface area contributed by atoms with E-state index in [4.69, 9.17) is 16.3 Å². The van der Waals surface area contributed by atoms with Crippen molar-refractivity contribution in [1.29, 1.82) is 0 Å². The number of ether oxygens (including phenoxy) is 1. The Bertz CT molecular complexity index is 901. The molecule has 0 amide bonds. The van der Waals surface area contributed by atoms with Crippen LogP contribution in [0.1, 0.15) is 16.8 Å². The van der Waals surface area contributed by atoms with Gasteiger partial charge in [0, 0.05) is 35.4 Å². The lowest BCUT2D eigenvalue weighted by Gasteiger charge is -2.12. The van der Waals surface area contributed by atoms with Crippen molar-refractivity contribution in [1.82, 2.24) is 9.97 Å². The number of aryl methyl sites for hydroxylation is 1. The Labute approximate surface area is 164 Å². The zero-order valence-electron chi connectivity index (χ0n) is 15.5. The van der Waals surface area contributed by atoms with E-state index in [0.29, 0.717) is 12.5 Å². The minimum absolute atomic E-state index is 0.589. The maximum absolute atomic E-state index is 6.03. The number of halogens is 1. The van der Waals surface area contributed by atoms with Crippen molar-refractivity contribution in [2.45, 2.75) is 19.9 Å². The second-order valence-electron chi connectivity index (χ2n) is 6.19. The van der Waals surface area contributed by atoms with Crippen LogP contribution in [-0.2, 0) is 13.0 Å². The van der Waals surface area contributed by atoms with Gasteiger partial charge in [-0.2, -0.15) is 4.98 Å². The Morgan fingerprint density at radius 2 is 1.85 bits per heavy atom. The molecule has 2 N–H and O–H groups in total. The summed E-state index contributed by atoms with van der Waals surface area (Å²) in [7, 11) is 1.67. The van der Waals surface area contributed by atoms with E-state index >= 15 is 0 Å². The molecule has 0 fully saturated rings. The van der Waals surface area contributed by atoms with E-state index in [-0.39, 0.29) is 0 Å². The van der Waals surface area contributed by atoms with E-state index in [2.05, 4.69) is 26.7 Å². The molecule has 3 rings (SSSR count). The minimum atomic E-state index is 0.589. The zero-order valence-corrected chi connectivity index (χ0v) is 16.3. The highest BCUT2D eigenvalue weighted by Gasteiger charge is 2.05.